The van der Waals surface area contributed by atoms with E-state index >= 15 is 0 Å². The lowest BCUT2D eigenvalue weighted by molar-refractivity contribution is 0.0691. The molecule has 0 bridgehead atoms. The van der Waals surface area contributed by atoms with Gasteiger partial charge in [0, 0.05) is 12.4 Å². The number of carboxylic acids is 1. The number of pyridine rings is 1. The highest BCUT2D eigenvalue weighted by Gasteiger charge is 2.12. The van der Waals surface area contributed by atoms with Gasteiger partial charge in [0.2, 0.25) is 0 Å². The van der Waals surface area contributed by atoms with E-state index in [4.69, 9.17) is 5.11 Å². The maximum atomic E-state index is 10.7. The molecule has 0 saturated carbocycles. The van der Waals surface area contributed by atoms with Crippen LogP contribution >= 0.6 is 0 Å². The van der Waals surface area contributed by atoms with Crippen molar-refractivity contribution in [2.45, 2.75) is 13.0 Å². The molecule has 2 rings (SSSR count). The first-order valence-electron chi connectivity index (χ1n) is 4.86. The first kappa shape index (κ1) is 10.4. The van der Waals surface area contributed by atoms with Crippen LogP contribution in [0.4, 0.5) is 0 Å². The minimum atomic E-state index is -1.02. The fourth-order valence-electron chi connectivity index (χ4n) is 1.43. The third kappa shape index (κ3) is 1.93. The summed E-state index contributed by atoms with van der Waals surface area (Å²) in [5.74, 6) is -1.02. The summed E-state index contributed by atoms with van der Waals surface area (Å²) in [5.41, 5.74) is 0.916. The van der Waals surface area contributed by atoms with E-state index in [-0.39, 0.29) is 11.7 Å². The molecule has 0 amide bonds. The molecule has 1 atom stereocenters. The molecule has 5 heteroatoms. The molecule has 2 aromatic heterocycles. The number of hydrogen-bond acceptors (Lipinski definition) is 3. The van der Waals surface area contributed by atoms with E-state index < -0.39 is 5.97 Å². The Morgan fingerprint density at radius 1 is 1.44 bits per heavy atom. The van der Waals surface area contributed by atoms with Gasteiger partial charge < -0.3 is 9.67 Å². The predicted molar refractivity (Wildman–Crippen MR) is 57.2 cm³/mol. The number of carbonyl (C=O) groups is 1. The Labute approximate surface area is 92.4 Å². The normalized spacial score (nSPS) is 12.3. The maximum absolute atomic E-state index is 10.7. The van der Waals surface area contributed by atoms with Crippen molar-refractivity contribution < 1.29 is 9.90 Å². The molecule has 1 N–H and O–H groups in total. The molecule has 0 spiro atoms. The Kier molecular flexibility index (Phi) is 2.68. The van der Waals surface area contributed by atoms with E-state index in [1.807, 2.05) is 25.1 Å². The van der Waals surface area contributed by atoms with Crippen molar-refractivity contribution in [2.24, 2.45) is 0 Å². The zero-order chi connectivity index (χ0) is 11.5. The standard InChI is InChI=1S/C11H11N3O2/c1-8(9-4-2-3-5-12-9)14-6-10(11(15)16)13-7-14/h2-8H,1H3,(H,15,16). The third-order valence-electron chi connectivity index (χ3n) is 2.38. The van der Waals surface area contributed by atoms with E-state index in [9.17, 15) is 4.79 Å². The Morgan fingerprint density at radius 3 is 2.81 bits per heavy atom. The first-order chi connectivity index (χ1) is 7.68. The number of carboxylic acid groups (broad SMARTS) is 1. The Hall–Kier alpha value is -2.17. The van der Waals surface area contributed by atoms with E-state index in [1.165, 1.54) is 12.5 Å². The first-order valence-corrected chi connectivity index (χ1v) is 4.86. The van der Waals surface area contributed by atoms with Gasteiger partial charge in [0.05, 0.1) is 18.1 Å². The topological polar surface area (TPSA) is 68.0 Å². The third-order valence-corrected chi connectivity index (χ3v) is 2.38. The van der Waals surface area contributed by atoms with Crippen LogP contribution in [0, 0.1) is 0 Å². The van der Waals surface area contributed by atoms with Crippen molar-refractivity contribution in [3.8, 4) is 0 Å². The lowest BCUT2D eigenvalue weighted by Crippen LogP contribution is -2.06. The average Bonchev–Trinajstić information content (AvgIpc) is 2.78. The minimum absolute atomic E-state index is 0.0261. The summed E-state index contributed by atoms with van der Waals surface area (Å²) in [6, 6.07) is 5.60. The SMILES string of the molecule is CC(c1ccccn1)n1cnc(C(=O)O)c1. The maximum Gasteiger partial charge on any atom is 0.356 e. The second kappa shape index (κ2) is 4.14. The van der Waals surface area contributed by atoms with Gasteiger partial charge in [-0.3, -0.25) is 4.98 Å². The van der Waals surface area contributed by atoms with Crippen LogP contribution in [-0.2, 0) is 0 Å². The summed E-state index contributed by atoms with van der Waals surface area (Å²) in [6.45, 7) is 1.94. The zero-order valence-corrected chi connectivity index (χ0v) is 8.74. The summed E-state index contributed by atoms with van der Waals surface area (Å²) in [4.78, 5) is 18.7. The molecule has 0 aliphatic heterocycles. The highest BCUT2D eigenvalue weighted by molar-refractivity contribution is 5.84. The van der Waals surface area contributed by atoms with Crippen molar-refractivity contribution >= 4 is 5.97 Å². The summed E-state index contributed by atoms with van der Waals surface area (Å²) in [7, 11) is 0. The number of aromatic nitrogens is 3. The van der Waals surface area contributed by atoms with Gasteiger partial charge in [-0.25, -0.2) is 9.78 Å². The average molecular weight is 217 g/mol. The van der Waals surface area contributed by atoms with Crippen LogP contribution in [0.5, 0.6) is 0 Å². The van der Waals surface area contributed by atoms with E-state index in [0.29, 0.717) is 0 Å². The van der Waals surface area contributed by atoms with Gasteiger partial charge in [0.25, 0.3) is 0 Å². The highest BCUT2D eigenvalue weighted by Crippen LogP contribution is 2.15. The van der Waals surface area contributed by atoms with Crippen molar-refractivity contribution in [3.05, 3.63) is 48.3 Å². The molecule has 1 unspecified atom stereocenters. The molecule has 5 nitrogen and oxygen atoms in total. The van der Waals surface area contributed by atoms with Gasteiger partial charge in [-0.1, -0.05) is 6.07 Å². The molecular formula is C11H11N3O2. The highest BCUT2D eigenvalue weighted by atomic mass is 16.4. The second-order valence-electron chi connectivity index (χ2n) is 3.44. The van der Waals surface area contributed by atoms with Gasteiger partial charge in [0.1, 0.15) is 0 Å². The predicted octanol–water partition coefficient (Wildman–Crippen LogP) is 1.59. The van der Waals surface area contributed by atoms with Crippen LogP contribution in [0.2, 0.25) is 0 Å². The molecular weight excluding hydrogens is 206 g/mol. The molecule has 2 aromatic rings. The van der Waals surface area contributed by atoms with Crippen molar-refractivity contribution in [1.82, 2.24) is 14.5 Å². The lowest BCUT2D eigenvalue weighted by atomic mass is 10.2. The van der Waals surface area contributed by atoms with Crippen LogP contribution in [0.3, 0.4) is 0 Å². The Morgan fingerprint density at radius 2 is 2.25 bits per heavy atom. The van der Waals surface area contributed by atoms with Crippen molar-refractivity contribution in [1.29, 1.82) is 0 Å². The van der Waals surface area contributed by atoms with Gasteiger partial charge >= 0.3 is 5.97 Å². The van der Waals surface area contributed by atoms with Gasteiger partial charge in [-0.2, -0.15) is 0 Å². The molecule has 82 valence electrons. The number of aromatic carboxylic acids is 1. The molecule has 16 heavy (non-hydrogen) atoms. The lowest BCUT2D eigenvalue weighted by Gasteiger charge is -2.11. The van der Waals surface area contributed by atoms with E-state index in [0.717, 1.165) is 5.69 Å². The minimum Gasteiger partial charge on any atom is -0.476 e. The van der Waals surface area contributed by atoms with Gasteiger partial charge in [0.15, 0.2) is 5.69 Å². The summed E-state index contributed by atoms with van der Waals surface area (Å²) in [6.07, 6.45) is 4.71. The Balaban J connectivity index is 2.27. The van der Waals surface area contributed by atoms with Crippen molar-refractivity contribution in [3.63, 3.8) is 0 Å². The largest absolute Gasteiger partial charge is 0.476 e. The van der Waals surface area contributed by atoms with Crippen LogP contribution < -0.4 is 0 Å². The number of nitrogens with zero attached hydrogens (tertiary/aromatic N) is 3. The van der Waals surface area contributed by atoms with Crippen LogP contribution in [0.1, 0.15) is 29.1 Å². The molecule has 0 aromatic carbocycles. The van der Waals surface area contributed by atoms with E-state index in [1.54, 1.807) is 10.8 Å². The molecule has 2 heterocycles. The molecule has 0 radical (unpaired) electrons. The van der Waals surface area contributed by atoms with Crippen LogP contribution in [-0.4, -0.2) is 25.6 Å². The summed E-state index contributed by atoms with van der Waals surface area (Å²) >= 11 is 0. The van der Waals surface area contributed by atoms with Gasteiger partial charge in [-0.15, -0.1) is 0 Å². The smallest absolute Gasteiger partial charge is 0.356 e. The quantitative estimate of drug-likeness (QED) is 0.847. The molecule has 0 aliphatic rings. The number of rotatable bonds is 3. The summed E-state index contributed by atoms with van der Waals surface area (Å²) in [5, 5.41) is 8.76. The Bertz CT molecular complexity index is 493. The van der Waals surface area contributed by atoms with Crippen molar-refractivity contribution in [2.75, 3.05) is 0 Å². The zero-order valence-electron chi connectivity index (χ0n) is 8.74. The molecule has 0 fully saturated rings. The van der Waals surface area contributed by atoms with Gasteiger partial charge in [-0.05, 0) is 19.1 Å². The second-order valence-corrected chi connectivity index (χ2v) is 3.44. The number of imidazole rings is 1. The fraction of sp³-hybridized carbons (Fsp3) is 0.182. The van der Waals surface area contributed by atoms with Crippen LogP contribution in [0.25, 0.3) is 0 Å². The van der Waals surface area contributed by atoms with Crippen LogP contribution in [0.15, 0.2) is 36.9 Å². The monoisotopic (exact) mass is 217 g/mol. The summed E-state index contributed by atoms with van der Waals surface area (Å²) < 4.78 is 1.73. The van der Waals surface area contributed by atoms with E-state index in [2.05, 4.69) is 9.97 Å². The molecule has 0 aliphatic carbocycles. The number of hydrogen-bond donors (Lipinski definition) is 1. The fourth-order valence-corrected chi connectivity index (χ4v) is 1.43. The molecule has 0 saturated heterocycles.